The summed E-state index contributed by atoms with van der Waals surface area (Å²) in [6, 6.07) is 25.3. The van der Waals surface area contributed by atoms with Crippen LogP contribution >= 0.6 is 0 Å². The number of rotatable bonds is 6. The van der Waals surface area contributed by atoms with Gasteiger partial charge in [0.25, 0.3) is 5.91 Å². The highest BCUT2D eigenvalue weighted by molar-refractivity contribution is 6.09. The molecule has 174 valence electrons. The number of hydrogen-bond donors (Lipinski definition) is 1. The maximum absolute atomic E-state index is 13.2. The molecule has 3 aromatic carbocycles. The van der Waals surface area contributed by atoms with E-state index in [2.05, 4.69) is 29.3 Å². The quantitative estimate of drug-likeness (QED) is 0.361. The Labute approximate surface area is 200 Å². The first-order chi connectivity index (χ1) is 16.6. The fourth-order valence-electron chi connectivity index (χ4n) is 4.76. The van der Waals surface area contributed by atoms with E-state index in [1.165, 1.54) is 0 Å². The van der Waals surface area contributed by atoms with Crippen molar-refractivity contribution in [3.05, 3.63) is 95.7 Å². The SMILES string of the molecule is COc1ccc([C@@H](c2oc3ccccc3c2NC(=O)c2ccccc2)N2CCC(C)CC2)cc1. The van der Waals surface area contributed by atoms with Crippen molar-refractivity contribution < 1.29 is 13.9 Å². The summed E-state index contributed by atoms with van der Waals surface area (Å²) in [6.07, 6.45) is 2.27. The van der Waals surface area contributed by atoms with E-state index in [0.29, 0.717) is 11.5 Å². The second-order valence-electron chi connectivity index (χ2n) is 9.05. The van der Waals surface area contributed by atoms with Crippen LogP contribution in [-0.4, -0.2) is 31.0 Å². The summed E-state index contributed by atoms with van der Waals surface area (Å²) in [6.45, 7) is 4.26. The topological polar surface area (TPSA) is 54.7 Å². The van der Waals surface area contributed by atoms with Crippen molar-refractivity contribution in [2.24, 2.45) is 5.92 Å². The van der Waals surface area contributed by atoms with Gasteiger partial charge in [0.2, 0.25) is 0 Å². The van der Waals surface area contributed by atoms with Gasteiger partial charge in [0, 0.05) is 10.9 Å². The van der Waals surface area contributed by atoms with Crippen LogP contribution in [0.5, 0.6) is 5.75 Å². The molecule has 1 N–H and O–H groups in total. The van der Waals surface area contributed by atoms with E-state index in [4.69, 9.17) is 9.15 Å². The third-order valence-electron chi connectivity index (χ3n) is 6.76. The molecule has 0 unspecified atom stereocenters. The molecule has 0 radical (unpaired) electrons. The number of piperidine rings is 1. The summed E-state index contributed by atoms with van der Waals surface area (Å²) in [5.41, 5.74) is 3.24. The molecule has 1 amide bonds. The fraction of sp³-hybridized carbons (Fsp3) is 0.276. The Morgan fingerprint density at radius 1 is 0.971 bits per heavy atom. The molecule has 5 nitrogen and oxygen atoms in total. The average Bonchev–Trinajstić information content (AvgIpc) is 3.24. The summed E-state index contributed by atoms with van der Waals surface area (Å²) < 4.78 is 11.9. The lowest BCUT2D eigenvalue weighted by molar-refractivity contribution is 0.102. The smallest absolute Gasteiger partial charge is 0.255 e. The van der Waals surface area contributed by atoms with E-state index in [1.54, 1.807) is 7.11 Å². The zero-order chi connectivity index (χ0) is 23.5. The van der Waals surface area contributed by atoms with Crippen LogP contribution in [0.25, 0.3) is 11.0 Å². The standard InChI is InChI=1S/C29H30N2O3/c1-20-16-18-31(19-17-20)27(21-12-14-23(33-2)15-13-21)28-26(24-10-6-7-11-25(24)34-28)30-29(32)22-8-4-3-5-9-22/h3-15,20,27H,16-19H2,1-2H3,(H,30,32)/t27-/m0/s1. The highest BCUT2D eigenvalue weighted by Gasteiger charge is 2.32. The lowest BCUT2D eigenvalue weighted by Crippen LogP contribution is -2.37. The number of para-hydroxylation sites is 1. The predicted molar refractivity (Wildman–Crippen MR) is 135 cm³/mol. The van der Waals surface area contributed by atoms with Gasteiger partial charge in [0.15, 0.2) is 0 Å². The zero-order valence-electron chi connectivity index (χ0n) is 19.7. The van der Waals surface area contributed by atoms with Crippen molar-refractivity contribution in [1.29, 1.82) is 0 Å². The Kier molecular flexibility index (Phi) is 6.37. The molecule has 5 heteroatoms. The molecule has 0 bridgehead atoms. The number of carbonyl (C=O) groups is 1. The summed E-state index contributed by atoms with van der Waals surface area (Å²) in [5, 5.41) is 4.09. The molecule has 34 heavy (non-hydrogen) atoms. The van der Waals surface area contributed by atoms with Crippen LogP contribution in [0.1, 0.15) is 47.5 Å². The van der Waals surface area contributed by atoms with Crippen LogP contribution in [0.3, 0.4) is 0 Å². The van der Waals surface area contributed by atoms with Crippen molar-refractivity contribution in [1.82, 2.24) is 4.90 Å². The van der Waals surface area contributed by atoms with Gasteiger partial charge in [-0.25, -0.2) is 0 Å². The lowest BCUT2D eigenvalue weighted by Gasteiger charge is -2.36. The largest absolute Gasteiger partial charge is 0.497 e. The van der Waals surface area contributed by atoms with Gasteiger partial charge in [0.1, 0.15) is 17.1 Å². The van der Waals surface area contributed by atoms with Gasteiger partial charge >= 0.3 is 0 Å². The lowest BCUT2D eigenvalue weighted by atomic mass is 9.94. The number of nitrogens with one attached hydrogen (secondary N) is 1. The third kappa shape index (κ3) is 4.44. The number of fused-ring (bicyclic) bond motifs is 1. The molecule has 1 aromatic heterocycles. The van der Waals surface area contributed by atoms with Crippen LogP contribution in [0.2, 0.25) is 0 Å². The molecule has 1 aliphatic heterocycles. The summed E-state index contributed by atoms with van der Waals surface area (Å²) in [7, 11) is 1.68. The number of anilines is 1. The molecule has 0 saturated carbocycles. The monoisotopic (exact) mass is 454 g/mol. The Morgan fingerprint density at radius 3 is 2.35 bits per heavy atom. The van der Waals surface area contributed by atoms with E-state index in [-0.39, 0.29) is 11.9 Å². The second kappa shape index (κ2) is 9.74. The molecule has 1 fully saturated rings. The summed E-state index contributed by atoms with van der Waals surface area (Å²) >= 11 is 0. The van der Waals surface area contributed by atoms with Crippen LogP contribution in [0.4, 0.5) is 5.69 Å². The van der Waals surface area contributed by atoms with Crippen molar-refractivity contribution in [2.75, 3.05) is 25.5 Å². The van der Waals surface area contributed by atoms with E-state index in [9.17, 15) is 4.79 Å². The van der Waals surface area contributed by atoms with Gasteiger partial charge in [-0.05, 0) is 73.8 Å². The molecule has 1 atom stereocenters. The molecule has 2 heterocycles. The molecule has 1 aliphatic rings. The number of carbonyl (C=O) groups excluding carboxylic acids is 1. The van der Waals surface area contributed by atoms with Gasteiger partial charge in [-0.2, -0.15) is 0 Å². The van der Waals surface area contributed by atoms with Crippen LogP contribution in [0, 0.1) is 5.92 Å². The van der Waals surface area contributed by atoms with Gasteiger partial charge in [0.05, 0.1) is 18.8 Å². The highest BCUT2D eigenvalue weighted by Crippen LogP contribution is 2.42. The van der Waals surface area contributed by atoms with Crippen molar-refractivity contribution >= 4 is 22.6 Å². The number of methoxy groups -OCH3 is 1. The molecule has 0 aliphatic carbocycles. The van der Waals surface area contributed by atoms with Crippen molar-refractivity contribution in [3.8, 4) is 5.75 Å². The molecule has 0 spiro atoms. The first-order valence-corrected chi connectivity index (χ1v) is 11.9. The minimum absolute atomic E-state index is 0.114. The second-order valence-corrected chi connectivity index (χ2v) is 9.05. The predicted octanol–water partition coefficient (Wildman–Crippen LogP) is 6.52. The minimum atomic E-state index is -0.144. The third-order valence-corrected chi connectivity index (χ3v) is 6.76. The maximum atomic E-state index is 13.2. The number of ether oxygens (including phenoxy) is 1. The van der Waals surface area contributed by atoms with Crippen LogP contribution in [0.15, 0.2) is 83.3 Å². The number of likely N-dealkylation sites (tertiary alicyclic amines) is 1. The Morgan fingerprint density at radius 2 is 1.65 bits per heavy atom. The van der Waals surface area contributed by atoms with Crippen molar-refractivity contribution in [3.63, 3.8) is 0 Å². The number of furan rings is 1. The van der Waals surface area contributed by atoms with Gasteiger partial charge in [-0.1, -0.05) is 49.4 Å². The van der Waals surface area contributed by atoms with Gasteiger partial charge in [-0.3, -0.25) is 9.69 Å². The number of amides is 1. The molecular weight excluding hydrogens is 424 g/mol. The van der Waals surface area contributed by atoms with E-state index in [1.807, 2.05) is 66.7 Å². The van der Waals surface area contributed by atoms with Gasteiger partial charge in [-0.15, -0.1) is 0 Å². The van der Waals surface area contributed by atoms with Crippen LogP contribution in [-0.2, 0) is 0 Å². The zero-order valence-corrected chi connectivity index (χ0v) is 19.7. The maximum Gasteiger partial charge on any atom is 0.255 e. The molecule has 1 saturated heterocycles. The molecular formula is C29H30N2O3. The first-order valence-electron chi connectivity index (χ1n) is 11.9. The minimum Gasteiger partial charge on any atom is -0.497 e. The van der Waals surface area contributed by atoms with E-state index < -0.39 is 0 Å². The summed E-state index contributed by atoms with van der Waals surface area (Å²) in [4.78, 5) is 15.7. The summed E-state index contributed by atoms with van der Waals surface area (Å²) in [5.74, 6) is 2.15. The highest BCUT2D eigenvalue weighted by atomic mass is 16.5. The first kappa shape index (κ1) is 22.2. The Bertz CT molecular complexity index is 1260. The van der Waals surface area contributed by atoms with Crippen LogP contribution < -0.4 is 10.1 Å². The number of nitrogens with zero attached hydrogens (tertiary/aromatic N) is 1. The number of hydrogen-bond acceptors (Lipinski definition) is 4. The van der Waals surface area contributed by atoms with E-state index >= 15 is 0 Å². The van der Waals surface area contributed by atoms with Gasteiger partial charge < -0.3 is 14.5 Å². The van der Waals surface area contributed by atoms with E-state index in [0.717, 1.165) is 59.7 Å². The normalized spacial score (nSPS) is 15.8. The average molecular weight is 455 g/mol. The molecule has 5 rings (SSSR count). The Hall–Kier alpha value is -3.57. The fourth-order valence-corrected chi connectivity index (χ4v) is 4.76. The molecule has 4 aromatic rings. The van der Waals surface area contributed by atoms with Crippen molar-refractivity contribution in [2.45, 2.75) is 25.8 Å². The Balaban J connectivity index is 1.61. The number of benzene rings is 3.